The summed E-state index contributed by atoms with van der Waals surface area (Å²) in [5, 5.41) is 18.5. The number of aliphatic carboxylic acids is 1. The van der Waals surface area contributed by atoms with E-state index >= 15 is 0 Å². The molecule has 3 atom stereocenters. The Morgan fingerprint density at radius 1 is 0.900 bits per heavy atom. The lowest BCUT2D eigenvalue weighted by molar-refractivity contribution is -0.155. The Morgan fingerprint density at radius 3 is 2.23 bits per heavy atom. The van der Waals surface area contributed by atoms with E-state index in [1.165, 1.54) is 0 Å². The maximum atomic E-state index is 13.0. The predicted octanol–water partition coefficient (Wildman–Crippen LogP) is 4.64. The van der Waals surface area contributed by atoms with Gasteiger partial charge in [-0.15, -0.1) is 0 Å². The highest BCUT2D eigenvalue weighted by molar-refractivity contribution is 5.84. The van der Waals surface area contributed by atoms with E-state index in [-0.39, 0.29) is 6.42 Å². The Morgan fingerprint density at radius 2 is 1.57 bits per heavy atom. The molecule has 3 aromatic rings. The van der Waals surface area contributed by atoms with Crippen molar-refractivity contribution in [2.24, 2.45) is 11.8 Å². The zero-order valence-electron chi connectivity index (χ0n) is 16.1. The number of nitrogens with zero attached hydrogens (tertiary/aromatic N) is 1. The van der Waals surface area contributed by atoms with Gasteiger partial charge in [-0.1, -0.05) is 60.7 Å². The van der Waals surface area contributed by atoms with Crippen LogP contribution >= 0.6 is 0 Å². The minimum absolute atomic E-state index is 0.257. The van der Waals surface area contributed by atoms with Crippen LogP contribution in [-0.4, -0.2) is 17.0 Å². The third-order valence-electron chi connectivity index (χ3n) is 5.60. The van der Waals surface area contributed by atoms with E-state index in [0.717, 1.165) is 16.7 Å². The smallest absolute Gasteiger partial charge is 0.315 e. The van der Waals surface area contributed by atoms with Crippen LogP contribution in [0, 0.1) is 23.2 Å². The first-order valence-corrected chi connectivity index (χ1v) is 9.67. The Balaban J connectivity index is 1.58. The van der Waals surface area contributed by atoms with Crippen molar-refractivity contribution in [1.82, 2.24) is 0 Å². The summed E-state index contributed by atoms with van der Waals surface area (Å²) < 4.78 is 5.74. The monoisotopic (exact) mass is 397 g/mol. The summed E-state index contributed by atoms with van der Waals surface area (Å²) in [6.45, 7) is 0. The summed E-state index contributed by atoms with van der Waals surface area (Å²) in [6, 6.07) is 25.6. The number of rotatable bonds is 5. The van der Waals surface area contributed by atoms with E-state index in [9.17, 15) is 14.7 Å². The molecule has 0 aromatic heterocycles. The molecule has 0 amide bonds. The normalized spacial score (nSPS) is 19.9. The van der Waals surface area contributed by atoms with Crippen LogP contribution in [0.2, 0.25) is 0 Å². The number of carbonyl (C=O) groups excluding carboxylic acids is 1. The van der Waals surface area contributed by atoms with Crippen molar-refractivity contribution in [2.45, 2.75) is 12.3 Å². The highest BCUT2D eigenvalue weighted by Gasteiger charge is 2.50. The fourth-order valence-electron chi connectivity index (χ4n) is 3.99. The molecule has 30 heavy (non-hydrogen) atoms. The molecule has 0 saturated heterocycles. The van der Waals surface area contributed by atoms with Crippen LogP contribution in [0.15, 0.2) is 78.9 Å². The molecule has 1 aliphatic rings. The van der Waals surface area contributed by atoms with Gasteiger partial charge in [0.05, 0.1) is 23.5 Å². The molecule has 0 bridgehead atoms. The lowest BCUT2D eigenvalue weighted by atomic mass is 9.62. The van der Waals surface area contributed by atoms with Crippen LogP contribution in [0.25, 0.3) is 11.1 Å². The molecule has 0 aliphatic heterocycles. The van der Waals surface area contributed by atoms with E-state index in [1.54, 1.807) is 24.3 Å². The second kappa shape index (κ2) is 8.22. The molecule has 1 aliphatic carbocycles. The first-order chi connectivity index (χ1) is 14.6. The van der Waals surface area contributed by atoms with Gasteiger partial charge in [-0.25, -0.2) is 0 Å². The zero-order valence-corrected chi connectivity index (χ0v) is 16.1. The molecule has 1 fully saturated rings. The van der Waals surface area contributed by atoms with Gasteiger partial charge in [0.25, 0.3) is 0 Å². The lowest BCUT2D eigenvalue weighted by Crippen LogP contribution is -2.45. The number of nitriles is 1. The zero-order chi connectivity index (χ0) is 21.1. The predicted molar refractivity (Wildman–Crippen MR) is 111 cm³/mol. The number of para-hydroxylation sites is 1. The van der Waals surface area contributed by atoms with E-state index in [2.05, 4.69) is 6.07 Å². The molecule has 1 saturated carbocycles. The topological polar surface area (TPSA) is 87.4 Å². The summed E-state index contributed by atoms with van der Waals surface area (Å²) in [5.41, 5.74) is 2.95. The Hall–Kier alpha value is -3.91. The summed E-state index contributed by atoms with van der Waals surface area (Å²) in [7, 11) is 0. The molecule has 0 spiro atoms. The molecule has 0 radical (unpaired) electrons. The van der Waals surface area contributed by atoms with Crippen molar-refractivity contribution >= 4 is 11.9 Å². The van der Waals surface area contributed by atoms with E-state index in [4.69, 9.17) is 10.00 Å². The fraction of sp³-hybridized carbons (Fsp3) is 0.160. The second-order valence-corrected chi connectivity index (χ2v) is 7.33. The summed E-state index contributed by atoms with van der Waals surface area (Å²) in [5.74, 6) is -2.43. The van der Waals surface area contributed by atoms with Crippen molar-refractivity contribution < 1.29 is 19.4 Å². The standard InChI is InChI=1S/C25H19NO4/c26-15-16-10-12-17(13-11-16)19-8-4-5-9-22(19)30-25(29)21-14-20(24(27)28)23(21)18-6-2-1-3-7-18/h1-13,20-21,23H,14H2,(H,27,28). The van der Waals surface area contributed by atoms with Crippen molar-refractivity contribution in [3.63, 3.8) is 0 Å². The van der Waals surface area contributed by atoms with Crippen LogP contribution in [0.1, 0.15) is 23.5 Å². The van der Waals surface area contributed by atoms with Crippen molar-refractivity contribution in [3.8, 4) is 22.9 Å². The molecule has 3 aromatic carbocycles. The summed E-state index contributed by atoms with van der Waals surface area (Å²) in [6.07, 6.45) is 0.257. The average Bonchev–Trinajstić information content (AvgIpc) is 2.74. The van der Waals surface area contributed by atoms with Gasteiger partial charge < -0.3 is 9.84 Å². The molecule has 0 heterocycles. The molecule has 5 nitrogen and oxygen atoms in total. The quantitative estimate of drug-likeness (QED) is 0.501. The molecular weight excluding hydrogens is 378 g/mol. The van der Waals surface area contributed by atoms with Gasteiger partial charge in [0.2, 0.25) is 0 Å². The van der Waals surface area contributed by atoms with Gasteiger partial charge in [-0.2, -0.15) is 5.26 Å². The largest absolute Gasteiger partial charge is 0.481 e. The maximum Gasteiger partial charge on any atom is 0.315 e. The van der Waals surface area contributed by atoms with Crippen LogP contribution in [0.4, 0.5) is 0 Å². The van der Waals surface area contributed by atoms with Crippen LogP contribution in [0.3, 0.4) is 0 Å². The van der Waals surface area contributed by atoms with Gasteiger partial charge in [-0.3, -0.25) is 9.59 Å². The fourth-order valence-corrected chi connectivity index (χ4v) is 3.99. The molecular formula is C25H19NO4. The highest BCUT2D eigenvalue weighted by Crippen LogP contribution is 2.48. The minimum Gasteiger partial charge on any atom is -0.481 e. The molecule has 4 rings (SSSR count). The number of hydrogen-bond acceptors (Lipinski definition) is 4. The minimum atomic E-state index is -0.897. The van der Waals surface area contributed by atoms with E-state index < -0.39 is 29.7 Å². The number of carboxylic acids is 1. The third-order valence-corrected chi connectivity index (χ3v) is 5.60. The van der Waals surface area contributed by atoms with Gasteiger partial charge in [-0.05, 0) is 35.7 Å². The summed E-state index contributed by atoms with van der Waals surface area (Å²) in [4.78, 5) is 24.6. The maximum absolute atomic E-state index is 13.0. The van der Waals surface area contributed by atoms with Crippen LogP contribution < -0.4 is 4.74 Å². The van der Waals surface area contributed by atoms with E-state index in [1.807, 2.05) is 54.6 Å². The molecule has 148 valence electrons. The van der Waals surface area contributed by atoms with Gasteiger partial charge in [0.15, 0.2) is 0 Å². The van der Waals surface area contributed by atoms with Crippen molar-refractivity contribution in [2.75, 3.05) is 0 Å². The Labute approximate surface area is 174 Å². The number of carboxylic acid groups (broad SMARTS) is 1. The van der Waals surface area contributed by atoms with Gasteiger partial charge in [0, 0.05) is 11.5 Å². The van der Waals surface area contributed by atoms with E-state index in [0.29, 0.717) is 11.3 Å². The number of benzene rings is 3. The van der Waals surface area contributed by atoms with Gasteiger partial charge in [0.1, 0.15) is 5.75 Å². The van der Waals surface area contributed by atoms with Crippen molar-refractivity contribution in [3.05, 3.63) is 90.0 Å². The number of carbonyl (C=O) groups is 2. The van der Waals surface area contributed by atoms with Gasteiger partial charge >= 0.3 is 11.9 Å². The average molecular weight is 397 g/mol. The number of esters is 1. The second-order valence-electron chi connectivity index (χ2n) is 7.33. The summed E-state index contributed by atoms with van der Waals surface area (Å²) >= 11 is 0. The van der Waals surface area contributed by atoms with Crippen LogP contribution in [0.5, 0.6) is 5.75 Å². The van der Waals surface area contributed by atoms with Crippen LogP contribution in [-0.2, 0) is 9.59 Å². The lowest BCUT2D eigenvalue weighted by Gasteiger charge is -2.41. The third kappa shape index (κ3) is 3.68. The number of hydrogen-bond donors (Lipinski definition) is 1. The highest BCUT2D eigenvalue weighted by atomic mass is 16.5. The first-order valence-electron chi connectivity index (χ1n) is 9.67. The van der Waals surface area contributed by atoms with Crippen molar-refractivity contribution in [1.29, 1.82) is 5.26 Å². The number of ether oxygens (including phenoxy) is 1. The molecule has 5 heteroatoms. The SMILES string of the molecule is N#Cc1ccc(-c2ccccc2OC(=O)C2CC(C(=O)O)C2c2ccccc2)cc1. The Kier molecular flexibility index (Phi) is 5.32. The molecule has 1 N–H and O–H groups in total. The molecule has 3 unspecified atom stereocenters. The Bertz CT molecular complexity index is 1120. The first kappa shape index (κ1) is 19.4.